The number of benzene rings is 2. The Balaban J connectivity index is 1.75. The number of nitrogens with one attached hydrogen (secondary N) is 1. The average molecular weight is 470 g/mol. The van der Waals surface area contributed by atoms with Crippen LogP contribution in [0.4, 0.5) is 5.82 Å². The van der Waals surface area contributed by atoms with Gasteiger partial charge in [0.2, 0.25) is 0 Å². The highest BCUT2D eigenvalue weighted by Gasteiger charge is 2.20. The molecule has 8 heteroatoms. The van der Waals surface area contributed by atoms with Crippen LogP contribution in [0.2, 0.25) is 5.02 Å². The average Bonchev–Trinajstić information content (AvgIpc) is 3.22. The second-order valence-corrected chi connectivity index (χ2v) is 10.6. The van der Waals surface area contributed by atoms with Crippen LogP contribution in [0, 0.1) is 0 Å². The first-order valence-corrected chi connectivity index (χ1v) is 11.9. The molecule has 0 radical (unpaired) electrons. The predicted octanol–water partition coefficient (Wildman–Crippen LogP) is 5.76. The van der Waals surface area contributed by atoms with Gasteiger partial charge < -0.3 is 4.74 Å². The summed E-state index contributed by atoms with van der Waals surface area (Å²) in [7, 11) is -2.24. The molecule has 0 unspecified atom stereocenters. The molecule has 1 N–H and O–H groups in total. The van der Waals surface area contributed by atoms with Gasteiger partial charge in [-0.05, 0) is 53.4 Å². The lowest BCUT2D eigenvalue weighted by Crippen LogP contribution is -2.16. The number of sulfonamides is 1. The molecule has 0 amide bonds. The van der Waals surface area contributed by atoms with Crippen molar-refractivity contribution in [1.29, 1.82) is 0 Å². The normalized spacial score (nSPS) is 12.2. The van der Waals surface area contributed by atoms with Gasteiger partial charge in [-0.3, -0.25) is 4.72 Å². The van der Waals surface area contributed by atoms with Gasteiger partial charge in [-0.15, -0.1) is 0 Å². The van der Waals surface area contributed by atoms with Crippen LogP contribution in [-0.4, -0.2) is 25.1 Å². The second-order valence-electron chi connectivity index (χ2n) is 8.47. The molecule has 0 aliphatic heterocycles. The fourth-order valence-corrected chi connectivity index (χ4v) is 4.68. The van der Waals surface area contributed by atoms with E-state index in [1.54, 1.807) is 37.4 Å². The number of methoxy groups -OCH3 is 1. The van der Waals surface area contributed by atoms with Crippen LogP contribution in [0.3, 0.4) is 0 Å². The number of ether oxygens (including phenoxy) is 1. The number of aromatic nitrogens is 2. The lowest BCUT2D eigenvalue weighted by Gasteiger charge is -2.19. The summed E-state index contributed by atoms with van der Waals surface area (Å²) in [5.74, 6) is 0.943. The van der Waals surface area contributed by atoms with E-state index in [2.05, 4.69) is 30.6 Å². The Morgan fingerprint density at radius 1 is 1.00 bits per heavy atom. The third-order valence-corrected chi connectivity index (χ3v) is 6.91. The van der Waals surface area contributed by atoms with Gasteiger partial charge >= 0.3 is 0 Å². The molecule has 0 atom stereocenters. The van der Waals surface area contributed by atoms with Crippen molar-refractivity contribution >= 4 is 33.0 Å². The van der Waals surface area contributed by atoms with E-state index in [9.17, 15) is 8.42 Å². The fourth-order valence-electron chi connectivity index (χ4n) is 3.44. The summed E-state index contributed by atoms with van der Waals surface area (Å²) in [5, 5.41) is 5.06. The van der Waals surface area contributed by atoms with Gasteiger partial charge in [-0.25, -0.2) is 12.9 Å². The van der Waals surface area contributed by atoms with E-state index in [-0.39, 0.29) is 16.1 Å². The Morgan fingerprint density at radius 3 is 2.34 bits per heavy atom. The van der Waals surface area contributed by atoms with Crippen LogP contribution in [0.1, 0.15) is 26.3 Å². The molecule has 2 heterocycles. The summed E-state index contributed by atoms with van der Waals surface area (Å²) in [6.07, 6.45) is 0. The molecule has 0 saturated heterocycles. The minimum atomic E-state index is -3.83. The molecule has 0 fully saturated rings. The Bertz CT molecular complexity index is 1390. The summed E-state index contributed by atoms with van der Waals surface area (Å²) < 4.78 is 35.7. The van der Waals surface area contributed by atoms with Gasteiger partial charge in [0.15, 0.2) is 0 Å². The number of fused-ring (bicyclic) bond motifs is 1. The summed E-state index contributed by atoms with van der Waals surface area (Å²) >= 11 is 6.38. The topological polar surface area (TPSA) is 72.7 Å². The second kappa shape index (κ2) is 8.15. The smallest absolute Gasteiger partial charge is 0.263 e. The largest absolute Gasteiger partial charge is 0.496 e. The van der Waals surface area contributed by atoms with Crippen LogP contribution >= 0.6 is 11.6 Å². The highest BCUT2D eigenvalue weighted by molar-refractivity contribution is 7.92. The molecule has 0 aliphatic rings. The Labute approximate surface area is 192 Å². The summed E-state index contributed by atoms with van der Waals surface area (Å²) in [6, 6.07) is 19.4. The zero-order valence-corrected chi connectivity index (χ0v) is 19.8. The highest BCUT2D eigenvalue weighted by atomic mass is 35.5. The number of hydrogen-bond acceptors (Lipinski definition) is 4. The molecule has 4 aromatic rings. The lowest BCUT2D eigenvalue weighted by molar-refractivity contribution is 0.416. The van der Waals surface area contributed by atoms with Crippen LogP contribution in [-0.2, 0) is 15.4 Å². The van der Waals surface area contributed by atoms with Crippen LogP contribution < -0.4 is 9.46 Å². The first-order valence-electron chi connectivity index (χ1n) is 10.1. The van der Waals surface area contributed by atoms with E-state index in [4.69, 9.17) is 16.3 Å². The first-order chi connectivity index (χ1) is 15.1. The lowest BCUT2D eigenvalue weighted by atomic mass is 9.87. The van der Waals surface area contributed by atoms with E-state index >= 15 is 0 Å². The molecular formula is C24H24ClN3O3S. The van der Waals surface area contributed by atoms with Gasteiger partial charge in [0.1, 0.15) is 11.6 Å². The van der Waals surface area contributed by atoms with Gasteiger partial charge in [0.25, 0.3) is 10.0 Å². The minimum Gasteiger partial charge on any atom is -0.496 e. The van der Waals surface area contributed by atoms with Crippen molar-refractivity contribution in [3.8, 4) is 17.0 Å². The molecule has 0 bridgehead atoms. The quantitative estimate of drug-likeness (QED) is 0.403. The van der Waals surface area contributed by atoms with Crippen LogP contribution in [0.25, 0.3) is 16.8 Å². The summed E-state index contributed by atoms with van der Waals surface area (Å²) in [6.45, 7) is 6.24. The molecule has 6 nitrogen and oxygen atoms in total. The van der Waals surface area contributed by atoms with E-state index < -0.39 is 10.0 Å². The number of nitrogens with zero attached hydrogens (tertiary/aromatic N) is 2. The fraction of sp³-hybridized carbons (Fsp3) is 0.208. The molecule has 0 spiro atoms. The first kappa shape index (κ1) is 22.2. The maximum atomic E-state index is 13.1. The number of para-hydroxylation sites is 1. The Kier molecular flexibility index (Phi) is 5.65. The van der Waals surface area contributed by atoms with Gasteiger partial charge in [0, 0.05) is 5.56 Å². The predicted molar refractivity (Wildman–Crippen MR) is 128 cm³/mol. The van der Waals surface area contributed by atoms with Gasteiger partial charge in [0.05, 0.1) is 28.2 Å². The van der Waals surface area contributed by atoms with Crippen molar-refractivity contribution in [3.05, 3.63) is 77.3 Å². The molecular weight excluding hydrogens is 446 g/mol. The highest BCUT2D eigenvalue weighted by Crippen LogP contribution is 2.33. The zero-order chi connectivity index (χ0) is 23.1. The molecule has 2 aromatic heterocycles. The van der Waals surface area contributed by atoms with Crippen molar-refractivity contribution in [2.75, 3.05) is 11.8 Å². The van der Waals surface area contributed by atoms with E-state index in [0.29, 0.717) is 22.0 Å². The van der Waals surface area contributed by atoms with Crippen molar-refractivity contribution < 1.29 is 13.2 Å². The maximum Gasteiger partial charge on any atom is 0.263 e. The minimum absolute atomic E-state index is 0.0674. The SMILES string of the molecule is COc1ccccc1-c1cc2c(Cl)ccc(NS(=O)(=O)c3ccc(C(C)(C)C)cc3)n2n1. The van der Waals surface area contributed by atoms with Gasteiger partial charge in [-0.1, -0.05) is 56.6 Å². The monoisotopic (exact) mass is 469 g/mol. The van der Waals surface area contributed by atoms with Crippen molar-refractivity contribution in [2.24, 2.45) is 0 Å². The molecule has 0 aliphatic carbocycles. The third-order valence-electron chi connectivity index (χ3n) is 5.22. The molecule has 166 valence electrons. The number of hydrogen-bond donors (Lipinski definition) is 1. The van der Waals surface area contributed by atoms with E-state index in [0.717, 1.165) is 11.1 Å². The molecule has 2 aromatic carbocycles. The number of halogens is 1. The van der Waals surface area contributed by atoms with Crippen LogP contribution in [0.5, 0.6) is 5.75 Å². The molecule has 4 rings (SSSR count). The standard InChI is InChI=1S/C24H24ClN3O3S/c1-24(2,3)16-9-11-17(12-10-16)32(29,30)27-23-14-13-19(25)21-15-20(26-28(21)23)18-7-5-6-8-22(18)31-4/h5-15,27H,1-4H3. The Hall–Kier alpha value is -3.03. The maximum absolute atomic E-state index is 13.1. The summed E-state index contributed by atoms with van der Waals surface area (Å²) in [4.78, 5) is 0.172. The summed E-state index contributed by atoms with van der Waals surface area (Å²) in [5.41, 5.74) is 2.96. The number of pyridine rings is 1. The third kappa shape index (κ3) is 4.18. The number of anilines is 1. The Morgan fingerprint density at radius 2 is 1.69 bits per heavy atom. The van der Waals surface area contributed by atoms with E-state index in [1.165, 1.54) is 4.52 Å². The van der Waals surface area contributed by atoms with Crippen molar-refractivity contribution in [1.82, 2.24) is 9.61 Å². The molecule has 0 saturated carbocycles. The van der Waals surface area contributed by atoms with E-state index in [1.807, 2.05) is 36.4 Å². The van der Waals surface area contributed by atoms with Crippen LogP contribution in [0.15, 0.2) is 71.6 Å². The van der Waals surface area contributed by atoms with Crippen molar-refractivity contribution in [2.45, 2.75) is 31.1 Å². The molecule has 32 heavy (non-hydrogen) atoms. The van der Waals surface area contributed by atoms with Gasteiger partial charge in [-0.2, -0.15) is 5.10 Å². The zero-order valence-electron chi connectivity index (χ0n) is 18.3. The number of rotatable bonds is 5. The van der Waals surface area contributed by atoms with Crippen molar-refractivity contribution in [3.63, 3.8) is 0 Å².